The highest BCUT2D eigenvalue weighted by atomic mass is 32.1. The summed E-state index contributed by atoms with van der Waals surface area (Å²) in [6, 6.07) is 0. The molecule has 1 N–H and O–H groups in total. The molecule has 96 valence electrons. The molecule has 0 aromatic carbocycles. The normalized spacial score (nSPS) is 12.0. The van der Waals surface area contributed by atoms with Gasteiger partial charge in [-0.05, 0) is 12.8 Å². The summed E-state index contributed by atoms with van der Waals surface area (Å²) in [6.45, 7) is 8.13. The van der Waals surface area contributed by atoms with Crippen molar-refractivity contribution in [1.82, 2.24) is 15.2 Å². The second kappa shape index (κ2) is 6.59. The summed E-state index contributed by atoms with van der Waals surface area (Å²) in [4.78, 5) is 10.8. The van der Waals surface area contributed by atoms with Crippen LogP contribution in [0.2, 0.25) is 0 Å². The number of rotatable bonds is 4. The van der Waals surface area contributed by atoms with Crippen LogP contribution in [0.25, 0.3) is 0 Å². The van der Waals surface area contributed by atoms with E-state index in [0.717, 1.165) is 29.8 Å². The van der Waals surface area contributed by atoms with Crippen molar-refractivity contribution in [3.8, 4) is 0 Å². The molecule has 1 heterocycles. The summed E-state index contributed by atoms with van der Waals surface area (Å²) in [5, 5.41) is 6.56. The number of aromatic nitrogens is 1. The van der Waals surface area contributed by atoms with Gasteiger partial charge < -0.3 is 10.2 Å². The summed E-state index contributed by atoms with van der Waals surface area (Å²) in [5.41, 5.74) is 1.10. The molecular formula is C12H22N4S. The minimum Gasteiger partial charge on any atom is -0.356 e. The topological polar surface area (TPSA) is 40.5 Å². The number of aliphatic imine (C=N–C) groups is 1. The van der Waals surface area contributed by atoms with Crippen molar-refractivity contribution in [2.75, 3.05) is 20.6 Å². The third kappa shape index (κ3) is 4.73. The molecule has 0 fully saturated rings. The summed E-state index contributed by atoms with van der Waals surface area (Å²) >= 11 is 1.69. The third-order valence-electron chi connectivity index (χ3n) is 2.31. The summed E-state index contributed by atoms with van der Waals surface area (Å²) in [6.07, 6.45) is 0. The first-order chi connectivity index (χ1) is 8.02. The summed E-state index contributed by atoms with van der Waals surface area (Å²) < 4.78 is 0. The fourth-order valence-corrected chi connectivity index (χ4v) is 2.08. The average Bonchev–Trinajstić information content (AvgIpc) is 2.64. The van der Waals surface area contributed by atoms with Gasteiger partial charge in [0.05, 0.1) is 17.2 Å². The Kier molecular flexibility index (Phi) is 5.41. The molecule has 4 nitrogen and oxygen atoms in total. The lowest BCUT2D eigenvalue weighted by Crippen LogP contribution is -2.40. The van der Waals surface area contributed by atoms with Crippen LogP contribution in [0.15, 0.2) is 10.4 Å². The van der Waals surface area contributed by atoms with Gasteiger partial charge in [-0.2, -0.15) is 0 Å². The van der Waals surface area contributed by atoms with Crippen LogP contribution in [0.1, 0.15) is 24.5 Å². The van der Waals surface area contributed by atoms with Gasteiger partial charge in [0.25, 0.3) is 0 Å². The second-order valence-electron chi connectivity index (χ2n) is 4.54. The van der Waals surface area contributed by atoms with Gasteiger partial charge in [-0.15, -0.1) is 11.3 Å². The predicted molar refractivity (Wildman–Crippen MR) is 74.5 cm³/mol. The minimum absolute atomic E-state index is 0.613. The maximum atomic E-state index is 4.46. The van der Waals surface area contributed by atoms with Gasteiger partial charge in [0.2, 0.25) is 0 Å². The molecule has 5 heteroatoms. The van der Waals surface area contributed by atoms with Crippen molar-refractivity contribution in [3.05, 3.63) is 16.1 Å². The first kappa shape index (κ1) is 14.0. The Bertz CT molecular complexity index is 370. The maximum Gasteiger partial charge on any atom is 0.193 e. The van der Waals surface area contributed by atoms with Crippen LogP contribution in [0.5, 0.6) is 0 Å². The zero-order valence-corrected chi connectivity index (χ0v) is 12.1. The quantitative estimate of drug-likeness (QED) is 0.661. The highest BCUT2D eigenvalue weighted by Gasteiger charge is 2.08. The minimum atomic E-state index is 0.613. The highest BCUT2D eigenvalue weighted by Crippen LogP contribution is 2.09. The van der Waals surface area contributed by atoms with Gasteiger partial charge >= 0.3 is 0 Å². The first-order valence-electron chi connectivity index (χ1n) is 5.85. The van der Waals surface area contributed by atoms with Crippen LogP contribution in [0, 0.1) is 12.8 Å². The number of aryl methyl sites for hydroxylation is 1. The molecular weight excluding hydrogens is 232 g/mol. The van der Waals surface area contributed by atoms with E-state index in [4.69, 9.17) is 0 Å². The third-order valence-corrected chi connectivity index (χ3v) is 3.13. The molecule has 0 aliphatic carbocycles. The maximum absolute atomic E-state index is 4.46. The molecule has 0 unspecified atom stereocenters. The molecule has 0 spiro atoms. The van der Waals surface area contributed by atoms with Crippen molar-refractivity contribution in [1.29, 1.82) is 0 Å². The number of hydrogen-bond donors (Lipinski definition) is 1. The molecule has 1 aromatic rings. The fraction of sp³-hybridized carbons (Fsp3) is 0.667. The van der Waals surface area contributed by atoms with E-state index in [1.54, 1.807) is 11.3 Å². The van der Waals surface area contributed by atoms with Crippen molar-refractivity contribution in [3.63, 3.8) is 0 Å². The van der Waals surface area contributed by atoms with Gasteiger partial charge in [0.1, 0.15) is 0 Å². The number of guanidine groups is 1. The van der Waals surface area contributed by atoms with Gasteiger partial charge in [-0.3, -0.25) is 4.99 Å². The number of hydrogen-bond acceptors (Lipinski definition) is 3. The van der Waals surface area contributed by atoms with E-state index < -0.39 is 0 Å². The van der Waals surface area contributed by atoms with E-state index in [1.807, 2.05) is 21.0 Å². The van der Waals surface area contributed by atoms with Crippen LogP contribution >= 0.6 is 11.3 Å². The number of nitrogens with zero attached hydrogens (tertiary/aromatic N) is 3. The SMILES string of the molecule is CN=C(NCC(C)C)N(C)Cc1csc(C)n1. The zero-order valence-electron chi connectivity index (χ0n) is 11.3. The molecule has 1 aromatic heterocycles. The van der Waals surface area contributed by atoms with Gasteiger partial charge in [0, 0.05) is 26.0 Å². The first-order valence-corrected chi connectivity index (χ1v) is 6.73. The largest absolute Gasteiger partial charge is 0.356 e. The molecule has 0 atom stereocenters. The second-order valence-corrected chi connectivity index (χ2v) is 5.60. The average molecular weight is 254 g/mol. The van der Waals surface area contributed by atoms with E-state index in [1.165, 1.54) is 0 Å². The Hall–Kier alpha value is -1.10. The van der Waals surface area contributed by atoms with Crippen LogP contribution in [-0.4, -0.2) is 36.5 Å². The molecule has 0 amide bonds. The zero-order chi connectivity index (χ0) is 12.8. The lowest BCUT2D eigenvalue weighted by molar-refractivity contribution is 0.462. The molecule has 0 saturated heterocycles. The van der Waals surface area contributed by atoms with Gasteiger partial charge in [-0.25, -0.2) is 4.98 Å². The van der Waals surface area contributed by atoms with E-state index in [2.05, 4.69) is 39.4 Å². The van der Waals surface area contributed by atoms with Gasteiger partial charge in [-0.1, -0.05) is 13.8 Å². The molecule has 1 rings (SSSR count). The summed E-state index contributed by atoms with van der Waals surface area (Å²) in [7, 11) is 3.84. The lowest BCUT2D eigenvalue weighted by Gasteiger charge is -2.22. The van der Waals surface area contributed by atoms with Crippen LogP contribution in [-0.2, 0) is 6.54 Å². The van der Waals surface area contributed by atoms with Crippen LogP contribution in [0.4, 0.5) is 0 Å². The Morgan fingerprint density at radius 1 is 1.59 bits per heavy atom. The molecule has 0 aliphatic heterocycles. The number of thiazole rings is 1. The monoisotopic (exact) mass is 254 g/mol. The van der Waals surface area contributed by atoms with Crippen LogP contribution < -0.4 is 5.32 Å². The van der Waals surface area contributed by atoms with Gasteiger partial charge in [0.15, 0.2) is 5.96 Å². The lowest BCUT2D eigenvalue weighted by atomic mass is 10.2. The van der Waals surface area contributed by atoms with Crippen molar-refractivity contribution < 1.29 is 0 Å². The number of nitrogens with one attached hydrogen (secondary N) is 1. The molecule has 0 aliphatic rings. The molecule has 0 bridgehead atoms. The predicted octanol–water partition coefficient (Wildman–Crippen LogP) is 2.11. The van der Waals surface area contributed by atoms with E-state index in [-0.39, 0.29) is 0 Å². The van der Waals surface area contributed by atoms with Crippen LogP contribution in [0.3, 0.4) is 0 Å². The molecule has 0 saturated carbocycles. The Morgan fingerprint density at radius 2 is 2.29 bits per heavy atom. The molecule has 0 radical (unpaired) electrons. The Labute approximate surface area is 108 Å². The Balaban J connectivity index is 2.52. The molecule has 17 heavy (non-hydrogen) atoms. The van der Waals surface area contributed by atoms with E-state index in [0.29, 0.717) is 5.92 Å². The fourth-order valence-electron chi connectivity index (χ4n) is 1.48. The summed E-state index contributed by atoms with van der Waals surface area (Å²) in [5.74, 6) is 1.53. The van der Waals surface area contributed by atoms with Crippen molar-refractivity contribution in [2.45, 2.75) is 27.3 Å². The highest BCUT2D eigenvalue weighted by molar-refractivity contribution is 7.09. The van der Waals surface area contributed by atoms with E-state index in [9.17, 15) is 0 Å². The van der Waals surface area contributed by atoms with Crippen molar-refractivity contribution in [2.24, 2.45) is 10.9 Å². The standard InChI is InChI=1S/C12H22N4S/c1-9(2)6-14-12(13-4)16(5)7-11-8-17-10(3)15-11/h8-9H,6-7H2,1-5H3,(H,13,14). The smallest absolute Gasteiger partial charge is 0.193 e. The van der Waals surface area contributed by atoms with E-state index >= 15 is 0 Å². The van der Waals surface area contributed by atoms with Crippen molar-refractivity contribution >= 4 is 17.3 Å². The Morgan fingerprint density at radius 3 is 2.76 bits per heavy atom.